The molecule has 0 fully saturated rings. The van der Waals surface area contributed by atoms with E-state index in [0.29, 0.717) is 22.7 Å². The van der Waals surface area contributed by atoms with Crippen molar-refractivity contribution in [3.05, 3.63) is 96.6 Å². The van der Waals surface area contributed by atoms with Crippen molar-refractivity contribution in [2.24, 2.45) is 10.2 Å². The van der Waals surface area contributed by atoms with Crippen LogP contribution >= 0.6 is 12.2 Å². The van der Waals surface area contributed by atoms with Gasteiger partial charge >= 0.3 is 0 Å². The monoisotopic (exact) mass is 427 g/mol. The Kier molecular flexibility index (Phi) is 6.20. The summed E-state index contributed by atoms with van der Waals surface area (Å²) in [6.45, 7) is 0. The summed E-state index contributed by atoms with van der Waals surface area (Å²) in [4.78, 5) is 12.3. The van der Waals surface area contributed by atoms with Crippen molar-refractivity contribution in [3.8, 4) is 11.3 Å². The van der Waals surface area contributed by atoms with Crippen molar-refractivity contribution >= 4 is 40.4 Å². The second-order valence-electron chi connectivity index (χ2n) is 6.38. The third-order valence-electron chi connectivity index (χ3n) is 4.22. The van der Waals surface area contributed by atoms with E-state index in [9.17, 15) is 4.79 Å². The Balaban J connectivity index is 1.59. The summed E-state index contributed by atoms with van der Waals surface area (Å²) < 4.78 is 5.52. The zero-order valence-electron chi connectivity index (χ0n) is 16.2. The Bertz CT molecular complexity index is 1210. The van der Waals surface area contributed by atoms with Gasteiger partial charge in [-0.1, -0.05) is 71.9 Å². The highest BCUT2D eigenvalue weighted by molar-refractivity contribution is 7.80. The highest BCUT2D eigenvalue weighted by atomic mass is 32.1. The standard InChI is InChI=1S/C23H17N5O2S/c29-22(17-12-6-2-7-13-17)25-23(31)24-21-19(27-26-18-14-8-3-9-15-18)20(30-28-21)16-10-4-1-5-11-16/h1-15H,(H2,24,25,28,29,31). The van der Waals surface area contributed by atoms with Crippen molar-refractivity contribution in [1.82, 2.24) is 10.5 Å². The Morgan fingerprint density at radius 1 is 0.839 bits per heavy atom. The summed E-state index contributed by atoms with van der Waals surface area (Å²) >= 11 is 5.28. The molecule has 0 atom stereocenters. The number of azo groups is 1. The fraction of sp³-hybridized carbons (Fsp3) is 0. The van der Waals surface area contributed by atoms with E-state index in [0.717, 1.165) is 5.56 Å². The number of hydrogen-bond donors (Lipinski definition) is 2. The number of amides is 1. The number of anilines is 1. The molecule has 0 aliphatic rings. The van der Waals surface area contributed by atoms with Gasteiger partial charge in [0.15, 0.2) is 16.6 Å². The predicted octanol–water partition coefficient (Wildman–Crippen LogP) is 5.88. The van der Waals surface area contributed by atoms with Crippen molar-refractivity contribution < 1.29 is 9.32 Å². The summed E-state index contributed by atoms with van der Waals surface area (Å²) in [6, 6.07) is 27.5. The number of carbonyl (C=O) groups excluding carboxylic acids is 1. The number of nitrogens with zero attached hydrogens (tertiary/aromatic N) is 3. The van der Waals surface area contributed by atoms with E-state index < -0.39 is 0 Å². The van der Waals surface area contributed by atoms with Crippen LogP contribution in [0.3, 0.4) is 0 Å². The lowest BCUT2D eigenvalue weighted by molar-refractivity contribution is 0.0977. The molecule has 8 heteroatoms. The number of nitrogens with one attached hydrogen (secondary N) is 2. The first-order chi connectivity index (χ1) is 15.2. The van der Waals surface area contributed by atoms with E-state index in [1.165, 1.54) is 0 Å². The maximum Gasteiger partial charge on any atom is 0.257 e. The van der Waals surface area contributed by atoms with E-state index in [1.807, 2.05) is 66.7 Å². The molecule has 0 bridgehead atoms. The second kappa shape index (κ2) is 9.55. The van der Waals surface area contributed by atoms with E-state index in [2.05, 4.69) is 26.0 Å². The van der Waals surface area contributed by atoms with E-state index >= 15 is 0 Å². The second-order valence-corrected chi connectivity index (χ2v) is 6.79. The quantitative estimate of drug-likeness (QED) is 0.306. The van der Waals surface area contributed by atoms with Crippen LogP contribution in [0.4, 0.5) is 17.2 Å². The van der Waals surface area contributed by atoms with Crippen LogP contribution in [-0.4, -0.2) is 16.2 Å². The normalized spacial score (nSPS) is 10.7. The molecule has 4 aromatic rings. The molecule has 4 rings (SSSR count). The molecular formula is C23H17N5O2S. The van der Waals surface area contributed by atoms with Gasteiger partial charge in [-0.25, -0.2) is 0 Å². The SMILES string of the molecule is O=C(NC(=S)Nc1noc(-c2ccccc2)c1N=Nc1ccccc1)c1ccccc1. The highest BCUT2D eigenvalue weighted by Crippen LogP contribution is 2.37. The molecule has 0 saturated carbocycles. The summed E-state index contributed by atoms with van der Waals surface area (Å²) in [5, 5.41) is 18.2. The first-order valence-corrected chi connectivity index (χ1v) is 9.81. The largest absolute Gasteiger partial charge is 0.352 e. The molecule has 2 N–H and O–H groups in total. The maximum absolute atomic E-state index is 12.3. The smallest absolute Gasteiger partial charge is 0.257 e. The first kappa shape index (κ1) is 20.1. The van der Waals surface area contributed by atoms with Gasteiger partial charge in [0.05, 0.1) is 5.69 Å². The predicted molar refractivity (Wildman–Crippen MR) is 123 cm³/mol. The molecule has 1 heterocycles. The van der Waals surface area contributed by atoms with Gasteiger partial charge in [0.2, 0.25) is 5.82 Å². The number of aromatic nitrogens is 1. The van der Waals surface area contributed by atoms with Crippen LogP contribution < -0.4 is 10.6 Å². The lowest BCUT2D eigenvalue weighted by atomic mass is 10.1. The van der Waals surface area contributed by atoms with Crippen molar-refractivity contribution in [3.63, 3.8) is 0 Å². The lowest BCUT2D eigenvalue weighted by Gasteiger charge is -2.07. The van der Waals surface area contributed by atoms with Gasteiger partial charge < -0.3 is 9.84 Å². The molecule has 7 nitrogen and oxygen atoms in total. The Morgan fingerprint density at radius 3 is 2.13 bits per heavy atom. The van der Waals surface area contributed by atoms with E-state index in [1.54, 1.807) is 24.3 Å². The van der Waals surface area contributed by atoms with Crippen LogP contribution in [0.5, 0.6) is 0 Å². The fourth-order valence-corrected chi connectivity index (χ4v) is 2.93. The first-order valence-electron chi connectivity index (χ1n) is 9.40. The number of carbonyl (C=O) groups is 1. The van der Waals surface area contributed by atoms with Crippen molar-refractivity contribution in [1.29, 1.82) is 0 Å². The number of rotatable bonds is 5. The minimum atomic E-state index is -0.336. The third-order valence-corrected chi connectivity index (χ3v) is 4.42. The average molecular weight is 427 g/mol. The number of thiocarbonyl (C=S) groups is 1. The van der Waals surface area contributed by atoms with E-state index in [4.69, 9.17) is 16.7 Å². The molecule has 0 saturated heterocycles. The van der Waals surface area contributed by atoms with Crippen molar-refractivity contribution in [2.45, 2.75) is 0 Å². The molecule has 1 aromatic heterocycles. The van der Waals surface area contributed by atoms with Gasteiger partial charge in [-0.2, -0.15) is 5.11 Å². The Hall–Kier alpha value is -4.17. The minimum absolute atomic E-state index is 0.0675. The van der Waals surface area contributed by atoms with Gasteiger partial charge in [0, 0.05) is 11.1 Å². The Labute approximate surface area is 183 Å². The Morgan fingerprint density at radius 2 is 1.45 bits per heavy atom. The number of hydrogen-bond acceptors (Lipinski definition) is 6. The molecule has 0 unspecified atom stereocenters. The summed E-state index contributed by atoms with van der Waals surface area (Å²) in [6.07, 6.45) is 0. The summed E-state index contributed by atoms with van der Waals surface area (Å²) in [7, 11) is 0. The molecule has 0 aliphatic carbocycles. The van der Waals surface area contributed by atoms with Crippen LogP contribution in [0.1, 0.15) is 10.4 Å². The van der Waals surface area contributed by atoms with Crippen LogP contribution in [0.2, 0.25) is 0 Å². The van der Waals surface area contributed by atoms with Crippen LogP contribution in [0, 0.1) is 0 Å². The van der Waals surface area contributed by atoms with Gasteiger partial charge in [-0.3, -0.25) is 10.1 Å². The number of benzene rings is 3. The molecule has 3 aromatic carbocycles. The molecule has 0 aliphatic heterocycles. The minimum Gasteiger partial charge on any atom is -0.352 e. The molecule has 0 spiro atoms. The van der Waals surface area contributed by atoms with Crippen molar-refractivity contribution in [2.75, 3.05) is 5.32 Å². The summed E-state index contributed by atoms with van der Waals surface area (Å²) in [5.41, 5.74) is 2.31. The topological polar surface area (TPSA) is 91.9 Å². The molecule has 31 heavy (non-hydrogen) atoms. The lowest BCUT2D eigenvalue weighted by Crippen LogP contribution is -2.34. The highest BCUT2D eigenvalue weighted by Gasteiger charge is 2.19. The van der Waals surface area contributed by atoms with Gasteiger partial charge in [-0.05, 0) is 36.5 Å². The molecule has 0 radical (unpaired) electrons. The van der Waals surface area contributed by atoms with Gasteiger partial charge in [0.25, 0.3) is 5.91 Å². The maximum atomic E-state index is 12.3. The van der Waals surface area contributed by atoms with Crippen LogP contribution in [0.25, 0.3) is 11.3 Å². The fourth-order valence-electron chi connectivity index (χ4n) is 2.75. The summed E-state index contributed by atoms with van der Waals surface area (Å²) in [5.74, 6) is 0.342. The average Bonchev–Trinajstić information content (AvgIpc) is 3.21. The molecule has 1 amide bonds. The molecule has 152 valence electrons. The zero-order valence-corrected chi connectivity index (χ0v) is 17.0. The zero-order chi connectivity index (χ0) is 21.5. The van der Waals surface area contributed by atoms with E-state index in [-0.39, 0.29) is 16.8 Å². The van der Waals surface area contributed by atoms with Gasteiger partial charge in [-0.15, -0.1) is 5.11 Å². The molecular weight excluding hydrogens is 410 g/mol. The van der Waals surface area contributed by atoms with Crippen LogP contribution in [-0.2, 0) is 0 Å². The third kappa shape index (κ3) is 5.06. The van der Waals surface area contributed by atoms with Crippen LogP contribution in [0.15, 0.2) is 106 Å². The van der Waals surface area contributed by atoms with Gasteiger partial charge in [0.1, 0.15) is 0 Å².